The molecular weight excluding hydrogens is 610 g/mol. The van der Waals surface area contributed by atoms with Crippen LogP contribution in [0.4, 0.5) is 4.79 Å². The second-order valence-corrected chi connectivity index (χ2v) is 13.9. The molecule has 1 aromatic carbocycles. The lowest BCUT2D eigenvalue weighted by atomic mass is 9.91. The van der Waals surface area contributed by atoms with Gasteiger partial charge in [0.2, 0.25) is 5.91 Å². The molecule has 0 unspecified atom stereocenters. The van der Waals surface area contributed by atoms with Crippen molar-refractivity contribution < 1.29 is 28.6 Å². The number of ether oxygens (including phenoxy) is 3. The van der Waals surface area contributed by atoms with Gasteiger partial charge in [-0.25, -0.2) is 9.78 Å². The van der Waals surface area contributed by atoms with E-state index >= 15 is 0 Å². The molecule has 1 aromatic heterocycles. The van der Waals surface area contributed by atoms with Crippen LogP contribution in [0.15, 0.2) is 30.3 Å². The molecular formula is C34H50ClN5O6. The second kappa shape index (κ2) is 16.1. The van der Waals surface area contributed by atoms with E-state index in [2.05, 4.69) is 4.98 Å². The minimum absolute atomic E-state index is 0.0360. The normalized spacial score (nSPS) is 19.0. The topological polar surface area (TPSA) is 106 Å². The lowest BCUT2D eigenvalue weighted by Crippen LogP contribution is -2.58. The highest BCUT2D eigenvalue weighted by Gasteiger charge is 2.42. The molecule has 46 heavy (non-hydrogen) atoms. The number of amides is 3. The van der Waals surface area contributed by atoms with E-state index in [1.807, 2.05) is 69.5 Å². The monoisotopic (exact) mass is 659 g/mol. The van der Waals surface area contributed by atoms with Gasteiger partial charge in [0.1, 0.15) is 17.1 Å². The summed E-state index contributed by atoms with van der Waals surface area (Å²) < 4.78 is 18.4. The molecule has 0 saturated carbocycles. The van der Waals surface area contributed by atoms with Gasteiger partial charge in [0.25, 0.3) is 5.91 Å². The molecule has 3 amide bonds. The van der Waals surface area contributed by atoms with Crippen molar-refractivity contribution in [2.75, 3.05) is 59.7 Å². The number of unbranched alkanes of at least 4 members (excludes halogenated alkanes) is 1. The van der Waals surface area contributed by atoms with Gasteiger partial charge in [-0.2, -0.15) is 0 Å². The summed E-state index contributed by atoms with van der Waals surface area (Å²) in [4.78, 5) is 51.9. The predicted octanol–water partition coefficient (Wildman–Crippen LogP) is 5.21. The molecule has 3 heterocycles. The van der Waals surface area contributed by atoms with Gasteiger partial charge >= 0.3 is 6.09 Å². The van der Waals surface area contributed by atoms with Crippen LogP contribution in [-0.2, 0) is 25.5 Å². The molecule has 2 aliphatic rings. The van der Waals surface area contributed by atoms with Crippen molar-refractivity contribution in [3.05, 3.63) is 41.2 Å². The van der Waals surface area contributed by atoms with Crippen LogP contribution in [-0.4, -0.2) is 113 Å². The Morgan fingerprint density at radius 1 is 1.07 bits per heavy atom. The lowest BCUT2D eigenvalue weighted by molar-refractivity contribution is -0.142. The van der Waals surface area contributed by atoms with Gasteiger partial charge in [-0.3, -0.25) is 9.59 Å². The van der Waals surface area contributed by atoms with Gasteiger partial charge < -0.3 is 33.5 Å². The third-order valence-corrected chi connectivity index (χ3v) is 8.42. The van der Waals surface area contributed by atoms with Crippen molar-refractivity contribution in [1.82, 2.24) is 24.3 Å². The second-order valence-electron chi connectivity index (χ2n) is 13.6. The van der Waals surface area contributed by atoms with E-state index in [1.165, 1.54) is 0 Å². The maximum absolute atomic E-state index is 14.7. The molecule has 2 atom stereocenters. The molecule has 0 bridgehead atoms. The van der Waals surface area contributed by atoms with Crippen LogP contribution in [0.3, 0.4) is 0 Å². The van der Waals surface area contributed by atoms with Gasteiger partial charge in [0.05, 0.1) is 25.2 Å². The summed E-state index contributed by atoms with van der Waals surface area (Å²) in [6, 6.07) is 9.25. The number of hydrogen-bond donors (Lipinski definition) is 0. The fourth-order valence-corrected chi connectivity index (χ4v) is 6.35. The molecule has 0 N–H and O–H groups in total. The maximum atomic E-state index is 14.7. The van der Waals surface area contributed by atoms with Crippen LogP contribution < -0.4 is 0 Å². The largest absolute Gasteiger partial charge is 0.444 e. The minimum atomic E-state index is -0.710. The molecule has 12 heteroatoms. The third kappa shape index (κ3) is 9.23. The van der Waals surface area contributed by atoms with E-state index in [-0.39, 0.29) is 36.0 Å². The number of rotatable bonds is 11. The first-order valence-corrected chi connectivity index (χ1v) is 16.7. The highest BCUT2D eigenvalue weighted by molar-refractivity contribution is 6.32. The van der Waals surface area contributed by atoms with Crippen molar-refractivity contribution in [3.8, 4) is 11.4 Å². The number of morpholine rings is 1. The van der Waals surface area contributed by atoms with E-state index in [4.69, 9.17) is 25.8 Å². The Hall–Kier alpha value is -3.15. The zero-order valence-corrected chi connectivity index (χ0v) is 28.9. The minimum Gasteiger partial charge on any atom is -0.444 e. The van der Waals surface area contributed by atoms with Crippen molar-refractivity contribution in [2.24, 2.45) is 11.8 Å². The first-order valence-electron chi connectivity index (χ1n) is 16.3. The van der Waals surface area contributed by atoms with E-state index < -0.39 is 23.7 Å². The summed E-state index contributed by atoms with van der Waals surface area (Å²) in [6.07, 6.45) is 1.49. The molecule has 2 aromatic rings. The summed E-state index contributed by atoms with van der Waals surface area (Å²) in [6.45, 7) is 13.5. The average Bonchev–Trinajstić information content (AvgIpc) is 3.36. The van der Waals surface area contributed by atoms with Gasteiger partial charge in [-0.1, -0.05) is 55.8 Å². The van der Waals surface area contributed by atoms with Crippen molar-refractivity contribution in [1.29, 1.82) is 0 Å². The number of piperidine rings is 1. The summed E-state index contributed by atoms with van der Waals surface area (Å²) in [5.41, 5.74) is 0.456. The van der Waals surface area contributed by atoms with Crippen molar-refractivity contribution in [2.45, 2.75) is 72.1 Å². The number of hydrogen-bond acceptors (Lipinski definition) is 7. The molecule has 2 saturated heterocycles. The Labute approximate surface area is 278 Å². The Kier molecular flexibility index (Phi) is 12.5. The van der Waals surface area contributed by atoms with Crippen LogP contribution in [0.5, 0.6) is 0 Å². The zero-order valence-electron chi connectivity index (χ0n) is 28.2. The number of imidazole rings is 1. The van der Waals surface area contributed by atoms with Gasteiger partial charge in [-0.05, 0) is 46.0 Å². The Bertz CT molecular complexity index is 1320. The molecule has 11 nitrogen and oxygen atoms in total. The molecule has 0 aliphatic carbocycles. The fraction of sp³-hybridized carbons (Fsp3) is 0.647. The summed E-state index contributed by atoms with van der Waals surface area (Å²) >= 11 is 6.83. The van der Waals surface area contributed by atoms with Crippen LogP contribution in [0, 0.1) is 11.8 Å². The quantitative estimate of drug-likeness (QED) is 0.305. The van der Waals surface area contributed by atoms with Crippen molar-refractivity contribution >= 4 is 29.5 Å². The standard InChI is InChI=1S/C34H50ClN5O6/c1-24(2)21-40(32(42)28-29(35)36-30(25-12-8-7-9-13-25)39(28)14-10-11-17-44-6)27-20-26(31(41)37-15-18-45-19-16-37)22-38(23-27)33(43)46-34(3,4)5/h7-9,12-13,24,26-27H,10-11,14-23H2,1-6H3/t26-,27+/m1/s1. The Morgan fingerprint density at radius 3 is 2.39 bits per heavy atom. The SMILES string of the molecule is COCCCCn1c(-c2ccccc2)nc(Cl)c1C(=O)N(CC(C)C)[C@H]1C[C@@H](C(=O)N2CCOCC2)CN(C(=O)OC(C)(C)C)C1. The highest BCUT2D eigenvalue weighted by Crippen LogP contribution is 2.31. The van der Waals surface area contributed by atoms with Crippen LogP contribution in [0.25, 0.3) is 11.4 Å². The summed E-state index contributed by atoms with van der Waals surface area (Å²) in [7, 11) is 1.67. The number of likely N-dealkylation sites (tertiary alicyclic amines) is 1. The number of carbonyl (C=O) groups excluding carboxylic acids is 3. The number of carbonyl (C=O) groups is 3. The number of benzene rings is 1. The zero-order chi connectivity index (χ0) is 33.4. The molecule has 0 spiro atoms. The van der Waals surface area contributed by atoms with Gasteiger partial charge in [-0.15, -0.1) is 0 Å². The lowest BCUT2D eigenvalue weighted by Gasteiger charge is -2.44. The van der Waals surface area contributed by atoms with Crippen LogP contribution >= 0.6 is 11.6 Å². The Balaban J connectivity index is 1.72. The van der Waals surface area contributed by atoms with E-state index in [0.29, 0.717) is 63.9 Å². The molecule has 2 fully saturated rings. The molecule has 2 aliphatic heterocycles. The smallest absolute Gasteiger partial charge is 0.410 e. The Morgan fingerprint density at radius 2 is 1.76 bits per heavy atom. The highest BCUT2D eigenvalue weighted by atomic mass is 35.5. The maximum Gasteiger partial charge on any atom is 0.410 e. The summed E-state index contributed by atoms with van der Waals surface area (Å²) in [5.74, 6) is -0.0732. The predicted molar refractivity (Wildman–Crippen MR) is 177 cm³/mol. The fourth-order valence-electron chi connectivity index (χ4n) is 6.09. The first kappa shape index (κ1) is 35.7. The van der Waals surface area contributed by atoms with E-state index in [9.17, 15) is 14.4 Å². The van der Waals surface area contributed by atoms with Gasteiger partial charge in [0.15, 0.2) is 5.15 Å². The number of aromatic nitrogens is 2. The van der Waals surface area contributed by atoms with Crippen LogP contribution in [0.1, 0.15) is 64.4 Å². The number of halogens is 1. The molecule has 4 rings (SSSR count). The van der Waals surface area contributed by atoms with E-state index in [0.717, 1.165) is 18.4 Å². The van der Waals surface area contributed by atoms with Gasteiger partial charge in [0, 0.05) is 58.5 Å². The third-order valence-electron chi connectivity index (χ3n) is 8.16. The first-order chi connectivity index (χ1) is 21.9. The summed E-state index contributed by atoms with van der Waals surface area (Å²) in [5, 5.41) is 0.130. The molecule has 0 radical (unpaired) electrons. The van der Waals surface area contributed by atoms with E-state index in [1.54, 1.807) is 21.8 Å². The number of nitrogens with zero attached hydrogens (tertiary/aromatic N) is 5. The molecule has 254 valence electrons. The van der Waals surface area contributed by atoms with Crippen LogP contribution in [0.2, 0.25) is 5.15 Å². The van der Waals surface area contributed by atoms with Crippen molar-refractivity contribution in [3.63, 3.8) is 0 Å². The number of methoxy groups -OCH3 is 1. The average molecular weight is 660 g/mol.